The molecule has 0 aliphatic heterocycles. The summed E-state index contributed by atoms with van der Waals surface area (Å²) in [7, 11) is -5.22. The number of aliphatic hydroxyl groups excluding tert-OH is 3. The first-order chi connectivity index (χ1) is 15.0. The predicted octanol–water partition coefficient (Wildman–Crippen LogP) is 3.32. The largest absolute Gasteiger partial charge is 0.395 e. The van der Waals surface area contributed by atoms with Crippen LogP contribution >= 0.6 is 17.2 Å². The summed E-state index contributed by atoms with van der Waals surface area (Å²) >= 11 is 0. The van der Waals surface area contributed by atoms with Crippen LogP contribution in [-0.2, 0) is 4.31 Å². The highest BCUT2D eigenvalue weighted by atomic mass is 31.2. The second-order valence-corrected chi connectivity index (χ2v) is 10.3. The van der Waals surface area contributed by atoms with Crippen molar-refractivity contribution in [3.05, 3.63) is 0 Å². The molecule has 196 valence electrons. The fourth-order valence-corrected chi connectivity index (χ4v) is 4.54. The Morgan fingerprint density at radius 3 is 1.22 bits per heavy atom. The summed E-state index contributed by atoms with van der Waals surface area (Å²) in [5.41, 5.74) is -2.49. The lowest BCUT2D eigenvalue weighted by atomic mass is 9.64. The molecule has 8 N–H and O–H groups in total. The molecule has 2 atom stereocenters. The van der Waals surface area contributed by atoms with Gasteiger partial charge in [-0.05, 0) is 24.7 Å². The minimum absolute atomic E-state index is 0.345. The van der Waals surface area contributed by atoms with Gasteiger partial charge in [-0.3, -0.25) is 0 Å². The molecule has 0 radical (unpaired) electrons. The summed E-state index contributed by atoms with van der Waals surface area (Å²) in [5, 5.41) is 41.5. The van der Waals surface area contributed by atoms with Crippen LogP contribution < -0.4 is 0 Å². The molecule has 0 aliphatic rings. The molecular weight excluding hydrogens is 458 g/mol. The third-order valence-corrected chi connectivity index (χ3v) is 7.55. The fourth-order valence-electron chi connectivity index (χ4n) is 4.01. The minimum Gasteiger partial charge on any atom is -0.395 e. The molecule has 0 aromatic heterocycles. The highest BCUT2D eigenvalue weighted by Crippen LogP contribution is 2.44. The van der Waals surface area contributed by atoms with Crippen molar-refractivity contribution in [2.75, 3.05) is 19.8 Å². The van der Waals surface area contributed by atoms with Crippen molar-refractivity contribution in [3.63, 3.8) is 0 Å². The number of unbranched alkanes of at least 4 members (excludes halogenated alkanes) is 2. The number of hydrogen-bond acceptors (Lipinski definition) is 9. The smallest absolute Gasteiger partial charge is 0.334 e. The van der Waals surface area contributed by atoms with Crippen LogP contribution in [0.2, 0.25) is 0 Å². The van der Waals surface area contributed by atoms with Gasteiger partial charge in [0.2, 0.25) is 0 Å². The van der Waals surface area contributed by atoms with E-state index >= 15 is 0 Å². The second kappa shape index (κ2) is 19.8. The first kappa shape index (κ1) is 34.7. The van der Waals surface area contributed by atoms with Gasteiger partial charge < -0.3 is 40.0 Å². The molecule has 11 heteroatoms. The van der Waals surface area contributed by atoms with Gasteiger partial charge in [-0.2, -0.15) is 0 Å². The maximum Gasteiger partial charge on any atom is 0.334 e. The van der Waals surface area contributed by atoms with Crippen molar-refractivity contribution in [2.24, 2.45) is 17.3 Å². The Kier molecular flexibility index (Phi) is 21.4. The van der Waals surface area contributed by atoms with Crippen molar-refractivity contribution in [1.29, 1.82) is 0 Å². The van der Waals surface area contributed by atoms with Crippen molar-refractivity contribution in [3.8, 4) is 0 Å². The SMILES string of the molecule is CCCCC(CC)CC(O)(CC(CC)CCCC)C(CO)(CO)CO.OP(O)OP(O)O. The topological polar surface area (TPSA) is 171 Å². The Hall–Kier alpha value is 0.500. The van der Waals surface area contributed by atoms with E-state index < -0.39 is 48.0 Å². The second-order valence-electron chi connectivity index (χ2n) is 8.61. The van der Waals surface area contributed by atoms with Gasteiger partial charge in [0.15, 0.2) is 0 Å². The molecule has 0 bridgehead atoms. The zero-order valence-corrected chi connectivity index (χ0v) is 22.0. The average Bonchev–Trinajstić information content (AvgIpc) is 2.75. The molecule has 0 saturated carbocycles. The Morgan fingerprint density at radius 2 is 1.03 bits per heavy atom. The Bertz CT molecular complexity index is 392. The highest BCUT2D eigenvalue weighted by Gasteiger charge is 2.50. The summed E-state index contributed by atoms with van der Waals surface area (Å²) in [6.45, 7) is 7.40. The predicted molar refractivity (Wildman–Crippen MR) is 128 cm³/mol. The van der Waals surface area contributed by atoms with Crippen LogP contribution in [-0.4, -0.2) is 65.4 Å². The molecule has 2 unspecified atom stereocenters. The lowest BCUT2D eigenvalue weighted by Crippen LogP contribution is -2.57. The number of rotatable bonds is 18. The van der Waals surface area contributed by atoms with Crippen LogP contribution in [0.15, 0.2) is 0 Å². The Labute approximate surface area is 196 Å². The van der Waals surface area contributed by atoms with Crippen LogP contribution in [0.25, 0.3) is 0 Å². The van der Waals surface area contributed by atoms with Crippen molar-refractivity contribution in [1.82, 2.24) is 0 Å². The normalized spacial score (nSPS) is 15.9. The monoisotopic (exact) mass is 506 g/mol. The van der Waals surface area contributed by atoms with E-state index in [4.69, 9.17) is 19.6 Å². The van der Waals surface area contributed by atoms with Gasteiger partial charge in [-0.25, -0.2) is 4.31 Å². The molecule has 0 aliphatic carbocycles. The standard InChI is InChI=1S/C21H44O4.H4O5P2/c1-5-9-11-18(7-3)13-21(25,20(15-22,16-23)17-24)14-19(8-4)12-10-6-2;1-6(2)5-7(3)4/h18-19,22-25H,5-17H2,1-4H3;1-4H. The molecule has 0 aromatic rings. The third-order valence-electron chi connectivity index (χ3n) is 6.38. The minimum atomic E-state index is -2.61. The van der Waals surface area contributed by atoms with Crippen LogP contribution in [0, 0.1) is 17.3 Å². The summed E-state index contributed by atoms with van der Waals surface area (Å²) in [4.78, 5) is 31.3. The van der Waals surface area contributed by atoms with E-state index in [0.29, 0.717) is 24.7 Å². The molecule has 9 nitrogen and oxygen atoms in total. The molecular formula is C21H48O9P2. The third kappa shape index (κ3) is 13.4. The maximum atomic E-state index is 11.6. The molecule has 32 heavy (non-hydrogen) atoms. The van der Waals surface area contributed by atoms with Gasteiger partial charge in [-0.1, -0.05) is 79.1 Å². The fraction of sp³-hybridized carbons (Fsp3) is 1.00. The van der Waals surface area contributed by atoms with Crippen molar-refractivity contribution in [2.45, 2.75) is 97.5 Å². The summed E-state index contributed by atoms with van der Waals surface area (Å²) in [5.74, 6) is 0.690. The molecule has 0 spiro atoms. The quantitative estimate of drug-likeness (QED) is 0.130. The number of aliphatic hydroxyl groups is 4. The van der Waals surface area contributed by atoms with Gasteiger partial charge in [-0.15, -0.1) is 0 Å². The van der Waals surface area contributed by atoms with Gasteiger partial charge >= 0.3 is 17.2 Å². The molecule has 0 fully saturated rings. The van der Waals surface area contributed by atoms with Gasteiger partial charge in [0.1, 0.15) is 0 Å². The first-order valence-corrected chi connectivity index (χ1v) is 14.0. The van der Waals surface area contributed by atoms with Gasteiger partial charge in [0.25, 0.3) is 0 Å². The highest BCUT2D eigenvalue weighted by molar-refractivity contribution is 7.53. The zero-order valence-electron chi connectivity index (χ0n) is 20.2. The zero-order chi connectivity index (χ0) is 25.2. The lowest BCUT2D eigenvalue weighted by molar-refractivity contribution is -0.173. The van der Waals surface area contributed by atoms with Crippen LogP contribution in [0.4, 0.5) is 0 Å². The van der Waals surface area contributed by atoms with Crippen LogP contribution in [0.3, 0.4) is 0 Å². The van der Waals surface area contributed by atoms with Crippen LogP contribution in [0.1, 0.15) is 91.9 Å². The summed E-state index contributed by atoms with van der Waals surface area (Å²) < 4.78 is 3.60. The van der Waals surface area contributed by atoms with E-state index in [1.54, 1.807) is 0 Å². The molecule has 0 saturated heterocycles. The van der Waals surface area contributed by atoms with E-state index in [-0.39, 0.29) is 0 Å². The van der Waals surface area contributed by atoms with E-state index in [1.165, 1.54) is 0 Å². The number of hydrogen-bond donors (Lipinski definition) is 8. The molecule has 0 rings (SSSR count). The lowest BCUT2D eigenvalue weighted by Gasteiger charge is -2.47. The van der Waals surface area contributed by atoms with Crippen molar-refractivity contribution >= 4 is 17.2 Å². The van der Waals surface area contributed by atoms with E-state index in [0.717, 1.165) is 51.4 Å². The Morgan fingerprint density at radius 1 is 0.688 bits per heavy atom. The van der Waals surface area contributed by atoms with E-state index in [9.17, 15) is 20.4 Å². The van der Waals surface area contributed by atoms with Crippen molar-refractivity contribution < 1.29 is 44.3 Å². The van der Waals surface area contributed by atoms with Gasteiger partial charge in [0.05, 0.1) is 30.8 Å². The summed E-state index contributed by atoms with van der Waals surface area (Å²) in [6, 6.07) is 0. The van der Waals surface area contributed by atoms with Gasteiger partial charge in [0, 0.05) is 0 Å². The molecule has 0 aromatic carbocycles. The van der Waals surface area contributed by atoms with E-state index in [1.807, 2.05) is 0 Å². The van der Waals surface area contributed by atoms with Crippen LogP contribution in [0.5, 0.6) is 0 Å². The summed E-state index contributed by atoms with van der Waals surface area (Å²) in [6.07, 6.45) is 9.56. The Balaban J connectivity index is 0. The first-order valence-electron chi connectivity index (χ1n) is 11.6. The average molecular weight is 507 g/mol. The maximum absolute atomic E-state index is 11.6. The van der Waals surface area contributed by atoms with E-state index in [2.05, 4.69) is 32.0 Å². The molecule has 0 heterocycles. The molecule has 0 amide bonds.